The van der Waals surface area contributed by atoms with Crippen LogP contribution in [0, 0.1) is 0 Å². The highest BCUT2D eigenvalue weighted by atomic mass is 35.5. The predicted octanol–water partition coefficient (Wildman–Crippen LogP) is 2.93. The molecule has 0 spiro atoms. The summed E-state index contributed by atoms with van der Waals surface area (Å²) in [4.78, 5) is 12.7. The van der Waals surface area contributed by atoms with Gasteiger partial charge in [-0.05, 0) is 25.8 Å². The Labute approximate surface area is 128 Å². The fourth-order valence-corrected chi connectivity index (χ4v) is 3.21. The number of anilines is 1. The lowest BCUT2D eigenvalue weighted by atomic mass is 9.91. The molecule has 0 aliphatic carbocycles. The Morgan fingerprint density at radius 3 is 2.86 bits per heavy atom. The number of carbonyl (C=O) groups excluding carboxylic acids is 1. The number of fused-ring (bicyclic) bond motifs is 1. The number of nitrogens with one attached hydrogen (secondary N) is 2. The Morgan fingerprint density at radius 1 is 1.43 bits per heavy atom. The van der Waals surface area contributed by atoms with Crippen molar-refractivity contribution in [1.82, 2.24) is 5.32 Å². The van der Waals surface area contributed by atoms with Crippen molar-refractivity contribution in [3.63, 3.8) is 0 Å². The molecule has 1 amide bonds. The standard InChI is InChI=1S/C15H19ClN2O3/c1-2-4-15(5-3-6-17-15)14(19)18-11-8-13-12(7-10(11)16)20-9-21-13/h7-8,17H,2-6,9H2,1H3,(H,18,19). The monoisotopic (exact) mass is 310 g/mol. The molecule has 1 fully saturated rings. The summed E-state index contributed by atoms with van der Waals surface area (Å²) in [5, 5.41) is 6.75. The molecular weight excluding hydrogens is 292 g/mol. The quantitative estimate of drug-likeness (QED) is 0.897. The van der Waals surface area contributed by atoms with Crippen LogP contribution in [0.25, 0.3) is 0 Å². The molecule has 2 aliphatic heterocycles. The SMILES string of the molecule is CCCC1(C(=O)Nc2cc3c(cc2Cl)OCO3)CCCN1. The minimum atomic E-state index is -0.478. The van der Waals surface area contributed by atoms with Gasteiger partial charge >= 0.3 is 0 Å². The second-order valence-corrected chi connectivity index (χ2v) is 5.91. The van der Waals surface area contributed by atoms with Gasteiger partial charge in [-0.25, -0.2) is 0 Å². The molecule has 1 saturated heterocycles. The molecule has 6 heteroatoms. The summed E-state index contributed by atoms with van der Waals surface area (Å²) in [6.07, 6.45) is 3.65. The van der Waals surface area contributed by atoms with Gasteiger partial charge in [0, 0.05) is 12.1 Å². The summed E-state index contributed by atoms with van der Waals surface area (Å²) in [5.74, 6) is 1.20. The van der Waals surface area contributed by atoms with Crippen LogP contribution in [-0.4, -0.2) is 24.8 Å². The number of ether oxygens (including phenoxy) is 2. The van der Waals surface area contributed by atoms with Gasteiger partial charge in [-0.15, -0.1) is 0 Å². The first-order chi connectivity index (χ1) is 10.1. The van der Waals surface area contributed by atoms with Crippen LogP contribution in [0.3, 0.4) is 0 Å². The molecule has 0 bridgehead atoms. The maximum absolute atomic E-state index is 12.7. The maximum Gasteiger partial charge on any atom is 0.244 e. The Hall–Kier alpha value is -1.46. The third-order valence-corrected chi connectivity index (χ3v) is 4.38. The highest BCUT2D eigenvalue weighted by Gasteiger charge is 2.40. The molecule has 1 aromatic carbocycles. The molecule has 0 aromatic heterocycles. The van der Waals surface area contributed by atoms with Crippen LogP contribution < -0.4 is 20.1 Å². The average Bonchev–Trinajstić information content (AvgIpc) is 3.09. The first-order valence-corrected chi connectivity index (χ1v) is 7.68. The van der Waals surface area contributed by atoms with Gasteiger partial charge in [0.25, 0.3) is 0 Å². The van der Waals surface area contributed by atoms with Crippen LogP contribution in [-0.2, 0) is 4.79 Å². The highest BCUT2D eigenvalue weighted by molar-refractivity contribution is 6.34. The number of carbonyl (C=O) groups is 1. The molecule has 1 unspecified atom stereocenters. The molecule has 1 aromatic rings. The Morgan fingerprint density at radius 2 is 2.19 bits per heavy atom. The number of amides is 1. The fourth-order valence-electron chi connectivity index (χ4n) is 3.01. The van der Waals surface area contributed by atoms with Gasteiger partial charge in [0.1, 0.15) is 0 Å². The van der Waals surface area contributed by atoms with Crippen molar-refractivity contribution in [2.75, 3.05) is 18.7 Å². The lowest BCUT2D eigenvalue weighted by Gasteiger charge is -2.28. The van der Waals surface area contributed by atoms with Crippen molar-refractivity contribution >= 4 is 23.2 Å². The average molecular weight is 311 g/mol. The van der Waals surface area contributed by atoms with E-state index in [-0.39, 0.29) is 12.7 Å². The topological polar surface area (TPSA) is 59.6 Å². The molecule has 3 rings (SSSR count). The zero-order valence-electron chi connectivity index (χ0n) is 12.0. The van der Waals surface area contributed by atoms with Gasteiger partial charge in [0.2, 0.25) is 12.7 Å². The second-order valence-electron chi connectivity index (χ2n) is 5.50. The summed E-state index contributed by atoms with van der Waals surface area (Å²) >= 11 is 6.21. The first-order valence-electron chi connectivity index (χ1n) is 7.30. The molecule has 21 heavy (non-hydrogen) atoms. The van der Waals surface area contributed by atoms with Crippen LogP contribution >= 0.6 is 11.6 Å². The van der Waals surface area contributed by atoms with Crippen LogP contribution in [0.5, 0.6) is 11.5 Å². The van der Waals surface area contributed by atoms with Crippen molar-refractivity contribution < 1.29 is 14.3 Å². The lowest BCUT2D eigenvalue weighted by Crippen LogP contribution is -2.50. The largest absolute Gasteiger partial charge is 0.454 e. The first kappa shape index (κ1) is 14.5. The van der Waals surface area contributed by atoms with E-state index < -0.39 is 5.54 Å². The molecular formula is C15H19ClN2O3. The molecule has 0 saturated carbocycles. The van der Waals surface area contributed by atoms with Crippen molar-refractivity contribution in [2.24, 2.45) is 0 Å². The minimum absolute atomic E-state index is 0.0254. The van der Waals surface area contributed by atoms with Gasteiger partial charge in [-0.2, -0.15) is 0 Å². The Balaban J connectivity index is 1.81. The van der Waals surface area contributed by atoms with Gasteiger partial charge < -0.3 is 20.1 Å². The zero-order chi connectivity index (χ0) is 14.9. The molecule has 114 valence electrons. The molecule has 2 N–H and O–H groups in total. The van der Waals surface area contributed by atoms with E-state index in [4.69, 9.17) is 21.1 Å². The van der Waals surface area contributed by atoms with Crippen molar-refractivity contribution in [3.05, 3.63) is 17.2 Å². The van der Waals surface area contributed by atoms with E-state index in [0.717, 1.165) is 32.2 Å². The van der Waals surface area contributed by atoms with E-state index in [2.05, 4.69) is 17.6 Å². The summed E-state index contributed by atoms with van der Waals surface area (Å²) < 4.78 is 10.6. The van der Waals surface area contributed by atoms with Gasteiger partial charge in [-0.3, -0.25) is 4.79 Å². The van der Waals surface area contributed by atoms with E-state index >= 15 is 0 Å². The van der Waals surface area contributed by atoms with E-state index in [1.54, 1.807) is 12.1 Å². The maximum atomic E-state index is 12.7. The van der Waals surface area contributed by atoms with Crippen molar-refractivity contribution in [1.29, 1.82) is 0 Å². The van der Waals surface area contributed by atoms with Crippen LogP contribution in [0.2, 0.25) is 5.02 Å². The Bertz CT molecular complexity index is 556. The number of rotatable bonds is 4. The summed E-state index contributed by atoms with van der Waals surface area (Å²) in [7, 11) is 0. The second kappa shape index (κ2) is 5.73. The minimum Gasteiger partial charge on any atom is -0.454 e. The van der Waals surface area contributed by atoms with Gasteiger partial charge in [-0.1, -0.05) is 24.9 Å². The van der Waals surface area contributed by atoms with Gasteiger partial charge in [0.05, 0.1) is 16.2 Å². The third kappa shape index (κ3) is 2.68. The third-order valence-electron chi connectivity index (χ3n) is 4.07. The van der Waals surface area contributed by atoms with E-state index in [0.29, 0.717) is 22.2 Å². The van der Waals surface area contributed by atoms with E-state index in [1.807, 2.05) is 0 Å². The van der Waals surface area contributed by atoms with Crippen molar-refractivity contribution in [2.45, 2.75) is 38.1 Å². The van der Waals surface area contributed by atoms with E-state index in [1.165, 1.54) is 0 Å². The number of halogens is 1. The van der Waals surface area contributed by atoms with Crippen LogP contribution in [0.1, 0.15) is 32.6 Å². The summed E-state index contributed by atoms with van der Waals surface area (Å²) in [6, 6.07) is 3.39. The van der Waals surface area contributed by atoms with Gasteiger partial charge in [0.15, 0.2) is 11.5 Å². The van der Waals surface area contributed by atoms with Crippen molar-refractivity contribution in [3.8, 4) is 11.5 Å². The zero-order valence-corrected chi connectivity index (χ0v) is 12.8. The van der Waals surface area contributed by atoms with E-state index in [9.17, 15) is 4.79 Å². The smallest absolute Gasteiger partial charge is 0.244 e. The molecule has 0 radical (unpaired) electrons. The molecule has 5 nitrogen and oxygen atoms in total. The molecule has 2 aliphatic rings. The number of hydrogen-bond donors (Lipinski definition) is 2. The number of hydrogen-bond acceptors (Lipinski definition) is 4. The molecule has 1 atom stereocenters. The Kier molecular flexibility index (Phi) is 3.95. The predicted molar refractivity (Wildman–Crippen MR) is 81.1 cm³/mol. The van der Waals surface area contributed by atoms with Crippen LogP contribution in [0.4, 0.5) is 5.69 Å². The highest BCUT2D eigenvalue weighted by Crippen LogP contribution is 2.39. The molecule has 2 heterocycles. The fraction of sp³-hybridized carbons (Fsp3) is 0.533. The normalized spacial score (nSPS) is 23.3. The number of benzene rings is 1. The lowest BCUT2D eigenvalue weighted by molar-refractivity contribution is -0.122. The summed E-state index contributed by atoms with van der Waals surface area (Å²) in [5.41, 5.74) is 0.0872. The summed E-state index contributed by atoms with van der Waals surface area (Å²) in [6.45, 7) is 3.15. The van der Waals surface area contributed by atoms with Crippen LogP contribution in [0.15, 0.2) is 12.1 Å².